The summed E-state index contributed by atoms with van der Waals surface area (Å²) in [5.41, 5.74) is 0.354. The SMILES string of the molecule is CC(C)C1CNC(C(C)(C)C)CN1C(C)C1CCCCC1. The van der Waals surface area contributed by atoms with Gasteiger partial charge in [0.25, 0.3) is 0 Å². The Labute approximate surface area is 133 Å². The summed E-state index contributed by atoms with van der Waals surface area (Å²) in [6.07, 6.45) is 7.28. The quantitative estimate of drug-likeness (QED) is 0.835. The Morgan fingerprint density at radius 2 is 1.62 bits per heavy atom. The van der Waals surface area contributed by atoms with Crippen LogP contribution in [0.2, 0.25) is 0 Å². The van der Waals surface area contributed by atoms with Crippen LogP contribution in [0, 0.1) is 17.3 Å². The predicted molar refractivity (Wildman–Crippen MR) is 92.6 cm³/mol. The van der Waals surface area contributed by atoms with Gasteiger partial charge in [0.1, 0.15) is 0 Å². The molecule has 1 aliphatic carbocycles. The van der Waals surface area contributed by atoms with Gasteiger partial charge in [-0.05, 0) is 37.0 Å². The highest BCUT2D eigenvalue weighted by Gasteiger charge is 2.39. The van der Waals surface area contributed by atoms with Gasteiger partial charge in [-0.1, -0.05) is 53.9 Å². The van der Waals surface area contributed by atoms with Crippen LogP contribution in [0.4, 0.5) is 0 Å². The molecule has 2 heteroatoms. The lowest BCUT2D eigenvalue weighted by Crippen LogP contribution is -2.64. The van der Waals surface area contributed by atoms with E-state index in [0.717, 1.165) is 24.4 Å². The molecule has 21 heavy (non-hydrogen) atoms. The van der Waals surface area contributed by atoms with Crippen molar-refractivity contribution in [2.45, 2.75) is 91.8 Å². The molecule has 1 heterocycles. The third kappa shape index (κ3) is 4.22. The Morgan fingerprint density at radius 1 is 1.00 bits per heavy atom. The van der Waals surface area contributed by atoms with E-state index in [1.54, 1.807) is 0 Å². The summed E-state index contributed by atoms with van der Waals surface area (Å²) < 4.78 is 0. The summed E-state index contributed by atoms with van der Waals surface area (Å²) in [7, 11) is 0. The van der Waals surface area contributed by atoms with Gasteiger partial charge in [0.05, 0.1) is 0 Å². The molecule has 2 aliphatic rings. The van der Waals surface area contributed by atoms with Crippen LogP contribution in [0.3, 0.4) is 0 Å². The number of nitrogens with one attached hydrogen (secondary N) is 1. The maximum atomic E-state index is 3.84. The first-order valence-electron chi connectivity index (χ1n) is 9.30. The van der Waals surface area contributed by atoms with Crippen LogP contribution in [0.25, 0.3) is 0 Å². The second kappa shape index (κ2) is 7.00. The maximum Gasteiger partial charge on any atom is 0.0247 e. The molecule has 1 N–H and O–H groups in total. The van der Waals surface area contributed by atoms with Gasteiger partial charge >= 0.3 is 0 Å². The fourth-order valence-corrected chi connectivity index (χ4v) is 4.35. The van der Waals surface area contributed by atoms with E-state index in [0.29, 0.717) is 17.5 Å². The second-order valence-corrected chi connectivity index (χ2v) is 8.97. The monoisotopic (exact) mass is 294 g/mol. The lowest BCUT2D eigenvalue weighted by atomic mass is 9.79. The first-order chi connectivity index (χ1) is 9.80. The average molecular weight is 295 g/mol. The highest BCUT2D eigenvalue weighted by molar-refractivity contribution is 4.96. The van der Waals surface area contributed by atoms with E-state index < -0.39 is 0 Å². The van der Waals surface area contributed by atoms with E-state index >= 15 is 0 Å². The normalized spacial score (nSPS) is 31.6. The molecule has 0 aromatic rings. The van der Waals surface area contributed by atoms with Crippen molar-refractivity contribution < 1.29 is 0 Å². The zero-order chi connectivity index (χ0) is 15.6. The molecule has 0 spiro atoms. The van der Waals surface area contributed by atoms with Crippen LogP contribution in [-0.2, 0) is 0 Å². The number of piperazine rings is 1. The van der Waals surface area contributed by atoms with Crippen molar-refractivity contribution in [2.75, 3.05) is 13.1 Å². The van der Waals surface area contributed by atoms with Crippen LogP contribution in [0.15, 0.2) is 0 Å². The second-order valence-electron chi connectivity index (χ2n) is 8.97. The third-order valence-corrected chi connectivity index (χ3v) is 6.06. The van der Waals surface area contributed by atoms with E-state index in [2.05, 4.69) is 51.8 Å². The minimum atomic E-state index is 0.354. The van der Waals surface area contributed by atoms with Gasteiger partial charge in [-0.15, -0.1) is 0 Å². The summed E-state index contributed by atoms with van der Waals surface area (Å²) in [6.45, 7) is 16.8. The highest BCUT2D eigenvalue weighted by Crippen LogP contribution is 2.33. The Hall–Kier alpha value is -0.0800. The van der Waals surface area contributed by atoms with Crippen molar-refractivity contribution in [1.29, 1.82) is 0 Å². The van der Waals surface area contributed by atoms with Gasteiger partial charge in [0.2, 0.25) is 0 Å². The molecule has 124 valence electrons. The summed E-state index contributed by atoms with van der Waals surface area (Å²) in [6, 6.07) is 2.09. The van der Waals surface area contributed by atoms with Gasteiger partial charge in [0.15, 0.2) is 0 Å². The van der Waals surface area contributed by atoms with Gasteiger partial charge in [-0.3, -0.25) is 4.90 Å². The van der Waals surface area contributed by atoms with Crippen molar-refractivity contribution >= 4 is 0 Å². The first-order valence-corrected chi connectivity index (χ1v) is 9.30. The summed E-state index contributed by atoms with van der Waals surface area (Å²) in [5, 5.41) is 3.84. The standard InChI is InChI=1S/C19H38N2/c1-14(2)17-12-20-18(19(4,5)6)13-21(17)15(3)16-10-8-7-9-11-16/h14-18,20H,7-13H2,1-6H3. The van der Waals surface area contributed by atoms with Gasteiger partial charge in [-0.25, -0.2) is 0 Å². The van der Waals surface area contributed by atoms with E-state index in [1.165, 1.54) is 38.6 Å². The molecule has 1 aliphatic heterocycles. The zero-order valence-electron chi connectivity index (χ0n) is 15.3. The Kier molecular flexibility index (Phi) is 5.76. The minimum absolute atomic E-state index is 0.354. The van der Waals surface area contributed by atoms with Crippen molar-refractivity contribution in [1.82, 2.24) is 10.2 Å². The lowest BCUT2D eigenvalue weighted by molar-refractivity contribution is 0.00807. The van der Waals surface area contributed by atoms with Crippen molar-refractivity contribution in [3.05, 3.63) is 0 Å². The maximum absolute atomic E-state index is 3.84. The summed E-state index contributed by atoms with van der Waals surface area (Å²) in [5.74, 6) is 1.67. The van der Waals surface area contributed by atoms with Gasteiger partial charge < -0.3 is 5.32 Å². The molecule has 2 fully saturated rings. The van der Waals surface area contributed by atoms with Crippen LogP contribution in [0.1, 0.15) is 73.6 Å². The Bertz CT molecular complexity index is 312. The molecular formula is C19H38N2. The number of rotatable bonds is 3. The first kappa shape index (κ1) is 17.3. The summed E-state index contributed by atoms with van der Waals surface area (Å²) in [4.78, 5) is 2.87. The van der Waals surface area contributed by atoms with Crippen molar-refractivity contribution in [3.63, 3.8) is 0 Å². The van der Waals surface area contributed by atoms with Crippen LogP contribution < -0.4 is 5.32 Å². The molecule has 0 aromatic heterocycles. The van der Waals surface area contributed by atoms with Crippen molar-refractivity contribution in [3.8, 4) is 0 Å². The van der Waals surface area contributed by atoms with E-state index in [4.69, 9.17) is 0 Å². The molecular weight excluding hydrogens is 256 g/mol. The molecule has 2 nitrogen and oxygen atoms in total. The molecule has 2 rings (SSSR count). The van der Waals surface area contributed by atoms with Gasteiger partial charge in [-0.2, -0.15) is 0 Å². The Morgan fingerprint density at radius 3 is 2.14 bits per heavy atom. The smallest absolute Gasteiger partial charge is 0.0247 e. The number of hydrogen-bond acceptors (Lipinski definition) is 2. The largest absolute Gasteiger partial charge is 0.311 e. The fourth-order valence-electron chi connectivity index (χ4n) is 4.35. The van der Waals surface area contributed by atoms with Gasteiger partial charge in [0, 0.05) is 31.2 Å². The van der Waals surface area contributed by atoms with E-state index in [-0.39, 0.29) is 0 Å². The molecule has 3 atom stereocenters. The number of nitrogens with zero attached hydrogens (tertiary/aromatic N) is 1. The Balaban J connectivity index is 2.09. The molecule has 0 radical (unpaired) electrons. The fraction of sp³-hybridized carbons (Fsp3) is 1.00. The van der Waals surface area contributed by atoms with E-state index in [9.17, 15) is 0 Å². The highest BCUT2D eigenvalue weighted by atomic mass is 15.3. The predicted octanol–water partition coefficient (Wildman–Crippen LogP) is 4.30. The van der Waals surface area contributed by atoms with Crippen LogP contribution in [0.5, 0.6) is 0 Å². The molecule has 1 saturated heterocycles. The number of hydrogen-bond donors (Lipinski definition) is 1. The molecule has 0 bridgehead atoms. The van der Waals surface area contributed by atoms with E-state index in [1.807, 2.05) is 0 Å². The van der Waals surface area contributed by atoms with Crippen molar-refractivity contribution in [2.24, 2.45) is 17.3 Å². The molecule has 0 amide bonds. The summed E-state index contributed by atoms with van der Waals surface area (Å²) >= 11 is 0. The zero-order valence-corrected chi connectivity index (χ0v) is 15.3. The minimum Gasteiger partial charge on any atom is -0.311 e. The lowest BCUT2D eigenvalue weighted by Gasteiger charge is -2.50. The molecule has 0 aromatic carbocycles. The topological polar surface area (TPSA) is 15.3 Å². The third-order valence-electron chi connectivity index (χ3n) is 6.06. The molecule has 1 saturated carbocycles. The average Bonchev–Trinajstić information content (AvgIpc) is 2.45. The van der Waals surface area contributed by atoms with Crippen LogP contribution >= 0.6 is 0 Å². The van der Waals surface area contributed by atoms with Crippen LogP contribution in [-0.4, -0.2) is 36.1 Å². The molecule has 3 unspecified atom stereocenters.